The molecule has 1 aliphatic heterocycles. The van der Waals surface area contributed by atoms with Gasteiger partial charge < -0.3 is 24.4 Å². The molecule has 150 valence electrons. The van der Waals surface area contributed by atoms with Gasteiger partial charge >= 0.3 is 0 Å². The molecule has 3 rings (SSSR count). The number of aryl methyl sites for hydroxylation is 1. The van der Waals surface area contributed by atoms with Crippen molar-refractivity contribution in [3.8, 4) is 11.6 Å². The molecule has 1 N–H and O–H groups in total. The second-order valence-electron chi connectivity index (χ2n) is 6.16. The molecule has 0 aliphatic carbocycles. The van der Waals surface area contributed by atoms with E-state index in [9.17, 15) is 4.79 Å². The Bertz CT molecular complexity index is 799. The van der Waals surface area contributed by atoms with Crippen molar-refractivity contribution in [1.82, 2.24) is 15.3 Å². The third kappa shape index (κ3) is 6.24. The van der Waals surface area contributed by atoms with Crippen molar-refractivity contribution in [3.63, 3.8) is 0 Å². The van der Waals surface area contributed by atoms with E-state index in [4.69, 9.17) is 25.8 Å². The number of hydrogen-bond acceptors (Lipinski definition) is 7. The third-order valence-corrected chi connectivity index (χ3v) is 4.21. The van der Waals surface area contributed by atoms with Gasteiger partial charge in [0.15, 0.2) is 6.61 Å². The minimum Gasteiger partial charge on any atom is -0.484 e. The van der Waals surface area contributed by atoms with E-state index in [1.54, 1.807) is 24.3 Å². The van der Waals surface area contributed by atoms with E-state index in [1.165, 1.54) is 0 Å². The number of aromatic nitrogens is 2. The first-order valence-corrected chi connectivity index (χ1v) is 9.44. The lowest BCUT2D eigenvalue weighted by molar-refractivity contribution is -0.123. The predicted molar refractivity (Wildman–Crippen MR) is 105 cm³/mol. The van der Waals surface area contributed by atoms with Crippen LogP contribution in [0.5, 0.6) is 11.6 Å². The van der Waals surface area contributed by atoms with Gasteiger partial charge in [0.1, 0.15) is 24.0 Å². The zero-order valence-corrected chi connectivity index (χ0v) is 16.4. The number of halogens is 1. The number of benzene rings is 1. The summed E-state index contributed by atoms with van der Waals surface area (Å²) >= 11 is 5.88. The fourth-order valence-electron chi connectivity index (χ4n) is 2.66. The van der Waals surface area contributed by atoms with Crippen LogP contribution < -0.4 is 19.7 Å². The number of ether oxygens (including phenoxy) is 3. The van der Waals surface area contributed by atoms with Crippen LogP contribution in [0.1, 0.15) is 5.82 Å². The first-order valence-electron chi connectivity index (χ1n) is 9.06. The molecule has 8 nitrogen and oxygen atoms in total. The largest absolute Gasteiger partial charge is 0.484 e. The molecule has 2 aromatic rings. The minimum absolute atomic E-state index is 0.0892. The highest BCUT2D eigenvalue weighted by Gasteiger charge is 2.14. The highest BCUT2D eigenvalue weighted by molar-refractivity contribution is 6.30. The maximum Gasteiger partial charge on any atom is 0.258 e. The van der Waals surface area contributed by atoms with Crippen molar-refractivity contribution in [3.05, 3.63) is 41.2 Å². The number of carbonyl (C=O) groups excluding carboxylic acids is 1. The minimum atomic E-state index is -0.239. The Morgan fingerprint density at radius 3 is 2.86 bits per heavy atom. The molecule has 0 spiro atoms. The third-order valence-electron chi connectivity index (χ3n) is 3.98. The van der Waals surface area contributed by atoms with Crippen molar-refractivity contribution in [1.29, 1.82) is 0 Å². The van der Waals surface area contributed by atoms with Crippen molar-refractivity contribution in [2.75, 3.05) is 51.0 Å². The summed E-state index contributed by atoms with van der Waals surface area (Å²) in [6.07, 6.45) is 0. The van der Waals surface area contributed by atoms with Gasteiger partial charge in [0.05, 0.1) is 19.8 Å². The summed E-state index contributed by atoms with van der Waals surface area (Å²) in [6, 6.07) is 8.71. The number of hydrogen-bond donors (Lipinski definition) is 1. The fourth-order valence-corrected chi connectivity index (χ4v) is 2.84. The molecule has 1 aromatic heterocycles. The lowest BCUT2D eigenvalue weighted by atomic mass is 10.3. The van der Waals surface area contributed by atoms with Gasteiger partial charge in [-0.15, -0.1) is 0 Å². The molecule has 0 bridgehead atoms. The number of anilines is 1. The van der Waals surface area contributed by atoms with E-state index < -0.39 is 0 Å². The van der Waals surface area contributed by atoms with Crippen molar-refractivity contribution in [2.24, 2.45) is 0 Å². The quantitative estimate of drug-likeness (QED) is 0.669. The highest BCUT2D eigenvalue weighted by Crippen LogP contribution is 2.19. The molecular weight excluding hydrogens is 384 g/mol. The van der Waals surface area contributed by atoms with Gasteiger partial charge in [0.25, 0.3) is 5.91 Å². The zero-order chi connectivity index (χ0) is 19.8. The Morgan fingerprint density at radius 1 is 1.25 bits per heavy atom. The SMILES string of the molecule is Cc1nc(OCCNC(=O)COc2cccc(Cl)c2)cc(N2CCOCC2)n1. The Kier molecular flexibility index (Phi) is 7.27. The number of nitrogens with one attached hydrogen (secondary N) is 1. The second-order valence-corrected chi connectivity index (χ2v) is 6.59. The van der Waals surface area contributed by atoms with Gasteiger partial charge in [-0.2, -0.15) is 4.98 Å². The zero-order valence-electron chi connectivity index (χ0n) is 15.7. The van der Waals surface area contributed by atoms with Gasteiger partial charge in [0, 0.05) is 24.2 Å². The molecule has 9 heteroatoms. The summed E-state index contributed by atoms with van der Waals surface area (Å²) in [5.74, 6) is 2.25. The lowest BCUT2D eigenvalue weighted by Crippen LogP contribution is -2.37. The molecule has 1 aliphatic rings. The van der Waals surface area contributed by atoms with Gasteiger partial charge in [-0.3, -0.25) is 4.79 Å². The first kappa shape index (κ1) is 20.2. The topological polar surface area (TPSA) is 85.8 Å². The van der Waals surface area contributed by atoms with Gasteiger partial charge in [-0.05, 0) is 25.1 Å². The molecule has 0 saturated carbocycles. The number of rotatable bonds is 8. The van der Waals surface area contributed by atoms with Gasteiger partial charge in [-0.1, -0.05) is 17.7 Å². The molecule has 0 atom stereocenters. The smallest absolute Gasteiger partial charge is 0.258 e. The Hall–Kier alpha value is -2.58. The van der Waals surface area contributed by atoms with Gasteiger partial charge in [0.2, 0.25) is 5.88 Å². The van der Waals surface area contributed by atoms with Crippen molar-refractivity contribution in [2.45, 2.75) is 6.92 Å². The summed E-state index contributed by atoms with van der Waals surface area (Å²) in [6.45, 7) is 5.32. The Labute approximate surface area is 168 Å². The molecular formula is C19H23ClN4O4. The van der Waals surface area contributed by atoms with E-state index in [0.29, 0.717) is 48.8 Å². The van der Waals surface area contributed by atoms with Crippen LogP contribution in [0.4, 0.5) is 5.82 Å². The number of nitrogens with zero attached hydrogens (tertiary/aromatic N) is 3. The van der Waals surface area contributed by atoms with Crippen LogP contribution in [0.25, 0.3) is 0 Å². The van der Waals surface area contributed by atoms with Crippen LogP contribution in [0.2, 0.25) is 5.02 Å². The normalized spacial score (nSPS) is 13.9. The van der Waals surface area contributed by atoms with E-state index in [-0.39, 0.29) is 12.5 Å². The van der Waals surface area contributed by atoms with Crippen LogP contribution in [0, 0.1) is 6.92 Å². The van der Waals surface area contributed by atoms with Crippen molar-refractivity contribution < 1.29 is 19.0 Å². The summed E-state index contributed by atoms with van der Waals surface area (Å²) in [5.41, 5.74) is 0. The summed E-state index contributed by atoms with van der Waals surface area (Å²) in [7, 11) is 0. The van der Waals surface area contributed by atoms with Crippen LogP contribution in [-0.2, 0) is 9.53 Å². The van der Waals surface area contributed by atoms with Crippen LogP contribution in [0.3, 0.4) is 0 Å². The van der Waals surface area contributed by atoms with E-state index in [0.717, 1.165) is 18.9 Å². The number of amides is 1. The van der Waals surface area contributed by atoms with Crippen LogP contribution >= 0.6 is 11.6 Å². The summed E-state index contributed by atoms with van der Waals surface area (Å²) in [4.78, 5) is 22.7. The summed E-state index contributed by atoms with van der Waals surface area (Å²) in [5, 5.41) is 3.30. The molecule has 28 heavy (non-hydrogen) atoms. The standard InChI is InChI=1S/C19H23ClN4O4/c1-14-22-17(24-6-9-26-10-7-24)12-19(23-14)27-8-5-21-18(25)13-28-16-4-2-3-15(20)11-16/h2-4,11-12H,5-10,13H2,1H3,(H,21,25). The fraction of sp³-hybridized carbons (Fsp3) is 0.421. The van der Waals surface area contributed by atoms with E-state index >= 15 is 0 Å². The lowest BCUT2D eigenvalue weighted by Gasteiger charge is -2.28. The van der Waals surface area contributed by atoms with Gasteiger partial charge in [-0.25, -0.2) is 4.98 Å². The monoisotopic (exact) mass is 406 g/mol. The molecule has 1 amide bonds. The second kappa shape index (κ2) is 10.1. The van der Waals surface area contributed by atoms with Crippen LogP contribution in [0.15, 0.2) is 30.3 Å². The molecule has 1 fully saturated rings. The van der Waals surface area contributed by atoms with Crippen molar-refractivity contribution >= 4 is 23.3 Å². The number of carbonyl (C=O) groups is 1. The maximum absolute atomic E-state index is 11.9. The van der Waals surface area contributed by atoms with Crippen LogP contribution in [-0.4, -0.2) is 61.9 Å². The molecule has 0 radical (unpaired) electrons. The molecule has 2 heterocycles. The first-order chi connectivity index (χ1) is 13.6. The molecule has 1 saturated heterocycles. The average Bonchev–Trinajstić information content (AvgIpc) is 2.70. The number of morpholine rings is 1. The summed E-state index contributed by atoms with van der Waals surface area (Å²) < 4.78 is 16.4. The molecule has 0 unspecified atom stereocenters. The Morgan fingerprint density at radius 2 is 2.07 bits per heavy atom. The Balaban J connectivity index is 1.41. The average molecular weight is 407 g/mol. The maximum atomic E-state index is 11.9. The highest BCUT2D eigenvalue weighted by atomic mass is 35.5. The van der Waals surface area contributed by atoms with E-state index in [1.807, 2.05) is 13.0 Å². The predicted octanol–water partition coefficient (Wildman–Crippen LogP) is 1.85. The molecule has 1 aromatic carbocycles. The van der Waals surface area contributed by atoms with E-state index in [2.05, 4.69) is 20.2 Å².